The molecule has 1 aromatic rings. The highest BCUT2D eigenvalue weighted by Gasteiger charge is 2.22. The number of aliphatic hydroxyl groups is 1. The molecule has 0 bridgehead atoms. The number of thioether (sulfide) groups is 2. The molecule has 0 aromatic heterocycles. The molecule has 118 valence electrons. The molecule has 1 fully saturated rings. The first-order valence-electron chi connectivity index (χ1n) is 6.53. The molecule has 1 unspecified atom stereocenters. The van der Waals surface area contributed by atoms with Gasteiger partial charge in [0.2, 0.25) is 10.0 Å². The van der Waals surface area contributed by atoms with Crippen molar-refractivity contribution in [3.8, 4) is 0 Å². The Balaban J connectivity index is 2.17. The van der Waals surface area contributed by atoms with Crippen LogP contribution < -0.4 is 4.72 Å². The van der Waals surface area contributed by atoms with Crippen molar-refractivity contribution in [2.75, 3.05) is 23.8 Å². The summed E-state index contributed by atoms with van der Waals surface area (Å²) < 4.78 is 27.6. The van der Waals surface area contributed by atoms with Gasteiger partial charge < -0.3 is 5.11 Å². The van der Waals surface area contributed by atoms with Crippen LogP contribution in [0.3, 0.4) is 0 Å². The van der Waals surface area contributed by atoms with E-state index in [4.69, 9.17) is 11.6 Å². The van der Waals surface area contributed by atoms with Gasteiger partial charge in [0, 0.05) is 34.1 Å². The van der Waals surface area contributed by atoms with Crippen molar-refractivity contribution in [1.82, 2.24) is 4.72 Å². The minimum absolute atomic E-state index is 0.146. The van der Waals surface area contributed by atoms with E-state index in [2.05, 4.69) is 4.72 Å². The molecule has 0 aliphatic carbocycles. The molecule has 1 aromatic carbocycles. The van der Waals surface area contributed by atoms with Gasteiger partial charge in [-0.1, -0.05) is 11.6 Å². The van der Waals surface area contributed by atoms with Crippen molar-refractivity contribution >= 4 is 45.1 Å². The smallest absolute Gasteiger partial charge is 0.240 e. The Labute approximate surface area is 139 Å². The number of rotatable bonds is 5. The lowest BCUT2D eigenvalue weighted by molar-refractivity contribution is 0.280. The number of benzene rings is 1. The number of halogens is 1. The van der Waals surface area contributed by atoms with Gasteiger partial charge in [0.15, 0.2) is 0 Å². The van der Waals surface area contributed by atoms with Crippen LogP contribution >= 0.6 is 35.1 Å². The molecule has 8 heteroatoms. The normalized spacial score (nSPS) is 19.7. The monoisotopic (exact) mass is 367 g/mol. The van der Waals surface area contributed by atoms with Gasteiger partial charge in [-0.2, -0.15) is 23.5 Å². The van der Waals surface area contributed by atoms with Crippen molar-refractivity contribution in [2.24, 2.45) is 0 Å². The van der Waals surface area contributed by atoms with Crippen LogP contribution in [0.15, 0.2) is 17.0 Å². The Morgan fingerprint density at radius 3 is 2.81 bits per heavy atom. The van der Waals surface area contributed by atoms with Crippen LogP contribution in [0.4, 0.5) is 0 Å². The van der Waals surface area contributed by atoms with Gasteiger partial charge in [-0.25, -0.2) is 13.1 Å². The fraction of sp³-hybridized carbons (Fsp3) is 0.538. The summed E-state index contributed by atoms with van der Waals surface area (Å²) in [6.07, 6.45) is 0. The zero-order valence-corrected chi connectivity index (χ0v) is 14.8. The third-order valence-electron chi connectivity index (χ3n) is 3.28. The van der Waals surface area contributed by atoms with E-state index in [1.165, 1.54) is 6.07 Å². The van der Waals surface area contributed by atoms with E-state index in [9.17, 15) is 13.5 Å². The van der Waals surface area contributed by atoms with E-state index in [1.54, 1.807) is 24.8 Å². The van der Waals surface area contributed by atoms with Gasteiger partial charge in [-0.3, -0.25) is 0 Å². The molecule has 2 N–H and O–H groups in total. The summed E-state index contributed by atoms with van der Waals surface area (Å²) in [6.45, 7) is 1.87. The van der Waals surface area contributed by atoms with E-state index in [1.807, 2.05) is 11.8 Å². The molecule has 0 radical (unpaired) electrons. The number of hydrogen-bond acceptors (Lipinski definition) is 5. The molecule has 1 heterocycles. The first kappa shape index (κ1) is 17.4. The van der Waals surface area contributed by atoms with Gasteiger partial charge in [-0.05, 0) is 30.2 Å². The summed E-state index contributed by atoms with van der Waals surface area (Å²) in [6, 6.07) is 3.02. The summed E-state index contributed by atoms with van der Waals surface area (Å²) in [5.41, 5.74) is 1.07. The van der Waals surface area contributed by atoms with Gasteiger partial charge in [0.25, 0.3) is 0 Å². The Morgan fingerprint density at radius 1 is 1.43 bits per heavy atom. The van der Waals surface area contributed by atoms with Crippen LogP contribution in [-0.2, 0) is 16.6 Å². The highest BCUT2D eigenvalue weighted by molar-refractivity contribution is 8.06. The molecule has 0 saturated carbocycles. The second-order valence-electron chi connectivity index (χ2n) is 4.77. The molecule has 2 rings (SSSR count). The largest absolute Gasteiger partial charge is 0.392 e. The average molecular weight is 368 g/mol. The van der Waals surface area contributed by atoms with Crippen LogP contribution in [0.2, 0.25) is 5.02 Å². The summed E-state index contributed by atoms with van der Waals surface area (Å²) >= 11 is 9.60. The standard InChI is InChI=1S/C13H18ClNO3S3/c1-9-10(7-16)4-11(14)5-13(9)21(17,18)15-6-12-8-19-2-3-20-12/h4-5,12,15-16H,2-3,6-8H2,1H3. The SMILES string of the molecule is Cc1c(CO)cc(Cl)cc1S(=O)(=O)NCC1CSCCS1. The molecule has 0 amide bonds. The quantitative estimate of drug-likeness (QED) is 0.835. The topological polar surface area (TPSA) is 66.4 Å². The first-order chi connectivity index (χ1) is 9.94. The molecule has 1 aliphatic heterocycles. The fourth-order valence-corrected chi connectivity index (χ4v) is 6.50. The maximum atomic E-state index is 12.4. The van der Waals surface area contributed by atoms with Crippen LogP contribution in [0, 0.1) is 6.92 Å². The van der Waals surface area contributed by atoms with E-state index in [0.29, 0.717) is 27.9 Å². The Bertz CT molecular complexity index is 601. The number of aliphatic hydroxyl groups excluding tert-OH is 1. The van der Waals surface area contributed by atoms with Gasteiger partial charge in [0.1, 0.15) is 0 Å². The van der Waals surface area contributed by atoms with E-state index >= 15 is 0 Å². The lowest BCUT2D eigenvalue weighted by atomic mass is 10.1. The third-order valence-corrected chi connectivity index (χ3v) is 7.89. The Morgan fingerprint density at radius 2 is 2.19 bits per heavy atom. The maximum absolute atomic E-state index is 12.4. The predicted molar refractivity (Wildman–Crippen MR) is 90.9 cm³/mol. The third kappa shape index (κ3) is 4.53. The van der Waals surface area contributed by atoms with Crippen molar-refractivity contribution in [3.05, 3.63) is 28.3 Å². The van der Waals surface area contributed by atoms with Crippen molar-refractivity contribution in [3.63, 3.8) is 0 Å². The first-order valence-corrected chi connectivity index (χ1v) is 10.6. The molecule has 4 nitrogen and oxygen atoms in total. The highest BCUT2D eigenvalue weighted by atomic mass is 35.5. The van der Waals surface area contributed by atoms with Crippen molar-refractivity contribution in [1.29, 1.82) is 0 Å². The van der Waals surface area contributed by atoms with E-state index in [-0.39, 0.29) is 11.5 Å². The summed E-state index contributed by atoms with van der Waals surface area (Å²) in [5.74, 6) is 3.15. The fourth-order valence-electron chi connectivity index (χ4n) is 2.09. The molecule has 1 atom stereocenters. The van der Waals surface area contributed by atoms with Gasteiger partial charge in [-0.15, -0.1) is 0 Å². The van der Waals surface area contributed by atoms with Gasteiger partial charge in [0.05, 0.1) is 11.5 Å². The van der Waals surface area contributed by atoms with Crippen molar-refractivity contribution in [2.45, 2.75) is 23.7 Å². The second kappa shape index (κ2) is 7.57. The zero-order valence-electron chi connectivity index (χ0n) is 11.6. The highest BCUT2D eigenvalue weighted by Crippen LogP contribution is 2.26. The minimum atomic E-state index is -3.61. The lowest BCUT2D eigenvalue weighted by Crippen LogP contribution is -2.33. The van der Waals surface area contributed by atoms with Crippen LogP contribution in [0.5, 0.6) is 0 Å². The molecular formula is C13H18ClNO3S3. The minimum Gasteiger partial charge on any atom is -0.392 e. The average Bonchev–Trinajstić information content (AvgIpc) is 2.48. The van der Waals surface area contributed by atoms with Gasteiger partial charge >= 0.3 is 0 Å². The number of hydrogen-bond donors (Lipinski definition) is 2. The second-order valence-corrected chi connectivity index (χ2v) is 9.50. The summed E-state index contributed by atoms with van der Waals surface area (Å²) in [7, 11) is -3.61. The summed E-state index contributed by atoms with van der Waals surface area (Å²) in [5, 5.41) is 9.90. The zero-order chi connectivity index (χ0) is 15.5. The number of sulfonamides is 1. The van der Waals surface area contributed by atoms with Crippen LogP contribution in [-0.4, -0.2) is 42.6 Å². The molecule has 21 heavy (non-hydrogen) atoms. The molecule has 1 aliphatic rings. The molecular weight excluding hydrogens is 350 g/mol. The molecule has 0 spiro atoms. The Kier molecular flexibility index (Phi) is 6.28. The maximum Gasteiger partial charge on any atom is 0.240 e. The predicted octanol–water partition coefficient (Wildman–Crippen LogP) is 2.27. The van der Waals surface area contributed by atoms with E-state index in [0.717, 1.165) is 17.3 Å². The molecule has 1 saturated heterocycles. The van der Waals surface area contributed by atoms with Crippen LogP contribution in [0.1, 0.15) is 11.1 Å². The Hall–Kier alpha value is 0.0800. The number of nitrogens with one attached hydrogen (secondary N) is 1. The summed E-state index contributed by atoms with van der Waals surface area (Å²) in [4.78, 5) is 0.146. The van der Waals surface area contributed by atoms with Crippen molar-refractivity contribution < 1.29 is 13.5 Å². The lowest BCUT2D eigenvalue weighted by Gasteiger charge is -2.21. The van der Waals surface area contributed by atoms with E-state index < -0.39 is 10.0 Å². The van der Waals surface area contributed by atoms with Crippen LogP contribution in [0.25, 0.3) is 0 Å².